The Balaban J connectivity index is 1.61. The summed E-state index contributed by atoms with van der Waals surface area (Å²) in [7, 11) is 0. The average molecular weight is 361 g/mol. The summed E-state index contributed by atoms with van der Waals surface area (Å²) in [6.07, 6.45) is 0. The van der Waals surface area contributed by atoms with Gasteiger partial charge in [0.1, 0.15) is 11.6 Å². The first-order valence-electron chi connectivity index (χ1n) is 8.70. The number of benzene rings is 2. The number of anilines is 1. The van der Waals surface area contributed by atoms with E-state index in [0.29, 0.717) is 23.9 Å². The molecule has 0 saturated carbocycles. The van der Waals surface area contributed by atoms with E-state index in [1.54, 1.807) is 35.0 Å². The second-order valence-corrected chi connectivity index (χ2v) is 6.07. The number of carbonyl (C=O) groups excluding carboxylic acids is 1. The molecule has 0 saturated heterocycles. The molecule has 1 amide bonds. The summed E-state index contributed by atoms with van der Waals surface area (Å²) >= 11 is 0. The van der Waals surface area contributed by atoms with Gasteiger partial charge in [-0.1, -0.05) is 12.1 Å². The number of fused-ring (bicyclic) bond motifs is 1. The summed E-state index contributed by atoms with van der Waals surface area (Å²) in [6.45, 7) is 4.37. The molecule has 27 heavy (non-hydrogen) atoms. The Morgan fingerprint density at radius 3 is 2.70 bits per heavy atom. The molecule has 0 aliphatic heterocycles. The van der Waals surface area contributed by atoms with E-state index >= 15 is 0 Å². The standard InChI is InChI=1S/C20H19N5O2/c1-3-27-15-10-8-14(9-11-15)19(26)23-18-12-13(2)24-25(18)20-21-16-6-4-5-7-17(16)22-20/h4-12H,3H2,1-2H3,(H,21,22)(H,23,26). The van der Waals surface area contributed by atoms with Gasteiger partial charge in [0.25, 0.3) is 5.91 Å². The minimum atomic E-state index is -0.227. The zero-order valence-corrected chi connectivity index (χ0v) is 15.1. The highest BCUT2D eigenvalue weighted by atomic mass is 16.5. The number of carbonyl (C=O) groups is 1. The number of ether oxygens (including phenoxy) is 1. The SMILES string of the molecule is CCOc1ccc(C(=O)Nc2cc(C)nn2-c2nc3ccccc3[nH]2)cc1. The van der Waals surface area contributed by atoms with Crippen LogP contribution in [-0.4, -0.2) is 32.3 Å². The normalized spacial score (nSPS) is 10.9. The van der Waals surface area contributed by atoms with Crippen molar-refractivity contribution >= 4 is 22.8 Å². The van der Waals surface area contributed by atoms with E-state index in [1.807, 2.05) is 38.1 Å². The molecule has 0 radical (unpaired) electrons. The molecule has 7 nitrogen and oxygen atoms in total. The summed E-state index contributed by atoms with van der Waals surface area (Å²) < 4.78 is 7.01. The van der Waals surface area contributed by atoms with Gasteiger partial charge in [0.2, 0.25) is 5.95 Å². The third kappa shape index (κ3) is 3.39. The molecule has 2 aromatic heterocycles. The summed E-state index contributed by atoms with van der Waals surface area (Å²) in [6, 6.07) is 16.6. The maximum atomic E-state index is 12.6. The van der Waals surface area contributed by atoms with Gasteiger partial charge in [-0.15, -0.1) is 0 Å². The first-order valence-corrected chi connectivity index (χ1v) is 8.70. The number of nitrogens with one attached hydrogen (secondary N) is 2. The number of H-pyrrole nitrogens is 1. The third-order valence-corrected chi connectivity index (χ3v) is 4.08. The summed E-state index contributed by atoms with van der Waals surface area (Å²) in [5.41, 5.74) is 3.06. The Morgan fingerprint density at radius 1 is 1.19 bits per heavy atom. The molecule has 0 spiro atoms. The monoisotopic (exact) mass is 361 g/mol. The molecule has 0 aliphatic carbocycles. The highest BCUT2D eigenvalue weighted by molar-refractivity contribution is 6.04. The predicted octanol–water partition coefficient (Wildman–Crippen LogP) is 3.71. The molecule has 2 aromatic carbocycles. The Kier molecular flexibility index (Phi) is 4.33. The fourth-order valence-electron chi connectivity index (χ4n) is 2.85. The molecule has 2 N–H and O–H groups in total. The topological polar surface area (TPSA) is 84.8 Å². The van der Waals surface area contributed by atoms with Gasteiger partial charge in [-0.05, 0) is 50.2 Å². The summed E-state index contributed by atoms with van der Waals surface area (Å²) in [4.78, 5) is 20.4. The van der Waals surface area contributed by atoms with Crippen LogP contribution in [0.2, 0.25) is 0 Å². The quantitative estimate of drug-likeness (QED) is 0.567. The van der Waals surface area contributed by atoms with Gasteiger partial charge in [0, 0.05) is 11.6 Å². The van der Waals surface area contributed by atoms with Crippen LogP contribution in [0.5, 0.6) is 5.75 Å². The van der Waals surface area contributed by atoms with Crippen LogP contribution in [0.1, 0.15) is 23.0 Å². The number of rotatable bonds is 5. The van der Waals surface area contributed by atoms with E-state index < -0.39 is 0 Å². The lowest BCUT2D eigenvalue weighted by molar-refractivity contribution is 0.102. The van der Waals surface area contributed by atoms with Crippen LogP contribution in [0, 0.1) is 6.92 Å². The largest absolute Gasteiger partial charge is 0.494 e. The van der Waals surface area contributed by atoms with Crippen molar-refractivity contribution in [3.05, 3.63) is 65.9 Å². The van der Waals surface area contributed by atoms with Crippen LogP contribution in [0.4, 0.5) is 5.82 Å². The van der Waals surface area contributed by atoms with Gasteiger partial charge < -0.3 is 15.0 Å². The number of aromatic nitrogens is 4. The summed E-state index contributed by atoms with van der Waals surface area (Å²) in [5.74, 6) is 1.60. The molecule has 0 bridgehead atoms. The molecule has 136 valence electrons. The number of amides is 1. The van der Waals surface area contributed by atoms with Gasteiger partial charge in [0.05, 0.1) is 23.3 Å². The minimum Gasteiger partial charge on any atom is -0.494 e. The van der Waals surface area contributed by atoms with Crippen molar-refractivity contribution in [1.82, 2.24) is 19.7 Å². The minimum absolute atomic E-state index is 0.227. The van der Waals surface area contributed by atoms with Crippen LogP contribution < -0.4 is 10.1 Å². The molecule has 0 atom stereocenters. The van der Waals surface area contributed by atoms with Crippen molar-refractivity contribution in [1.29, 1.82) is 0 Å². The van der Waals surface area contributed by atoms with Gasteiger partial charge in [0.15, 0.2) is 0 Å². The van der Waals surface area contributed by atoms with Crippen LogP contribution in [0.15, 0.2) is 54.6 Å². The predicted molar refractivity (Wildman–Crippen MR) is 104 cm³/mol. The highest BCUT2D eigenvalue weighted by Crippen LogP contribution is 2.20. The van der Waals surface area contributed by atoms with Crippen molar-refractivity contribution < 1.29 is 9.53 Å². The first-order chi connectivity index (χ1) is 13.1. The number of para-hydroxylation sites is 2. The molecule has 7 heteroatoms. The van der Waals surface area contributed by atoms with Crippen molar-refractivity contribution in [2.24, 2.45) is 0 Å². The fraction of sp³-hybridized carbons (Fsp3) is 0.150. The van der Waals surface area contributed by atoms with Crippen LogP contribution >= 0.6 is 0 Å². The number of aryl methyl sites for hydroxylation is 1. The lowest BCUT2D eigenvalue weighted by Gasteiger charge is -2.08. The molecule has 4 rings (SSSR count). The Bertz CT molecular complexity index is 1060. The molecular formula is C20H19N5O2. The third-order valence-electron chi connectivity index (χ3n) is 4.08. The van der Waals surface area contributed by atoms with Gasteiger partial charge in [-0.3, -0.25) is 4.79 Å². The highest BCUT2D eigenvalue weighted by Gasteiger charge is 2.15. The molecule has 4 aromatic rings. The van der Waals surface area contributed by atoms with Crippen LogP contribution in [0.25, 0.3) is 17.0 Å². The lowest BCUT2D eigenvalue weighted by atomic mass is 10.2. The Morgan fingerprint density at radius 2 is 1.96 bits per heavy atom. The first kappa shape index (κ1) is 16.8. The van der Waals surface area contributed by atoms with Crippen LogP contribution in [-0.2, 0) is 0 Å². The number of hydrogen-bond acceptors (Lipinski definition) is 4. The fourth-order valence-corrected chi connectivity index (χ4v) is 2.85. The molecule has 0 fully saturated rings. The Labute approximate surface area is 156 Å². The summed E-state index contributed by atoms with van der Waals surface area (Å²) in [5, 5.41) is 7.35. The average Bonchev–Trinajstić information content (AvgIpc) is 3.25. The molecule has 0 unspecified atom stereocenters. The molecule has 2 heterocycles. The second kappa shape index (κ2) is 6.95. The number of aromatic amines is 1. The zero-order chi connectivity index (χ0) is 18.8. The Hall–Kier alpha value is -3.61. The van der Waals surface area contributed by atoms with E-state index in [0.717, 1.165) is 22.5 Å². The van der Waals surface area contributed by atoms with E-state index in [2.05, 4.69) is 20.4 Å². The van der Waals surface area contributed by atoms with Crippen molar-refractivity contribution in [2.75, 3.05) is 11.9 Å². The van der Waals surface area contributed by atoms with Gasteiger partial charge in [-0.2, -0.15) is 9.78 Å². The van der Waals surface area contributed by atoms with Crippen molar-refractivity contribution in [2.45, 2.75) is 13.8 Å². The molecule has 0 aliphatic rings. The van der Waals surface area contributed by atoms with E-state index in [1.165, 1.54) is 0 Å². The van der Waals surface area contributed by atoms with Crippen molar-refractivity contribution in [3.63, 3.8) is 0 Å². The van der Waals surface area contributed by atoms with E-state index in [9.17, 15) is 4.79 Å². The maximum absolute atomic E-state index is 12.6. The maximum Gasteiger partial charge on any atom is 0.256 e. The number of imidazole rings is 1. The smallest absolute Gasteiger partial charge is 0.256 e. The molecular weight excluding hydrogens is 342 g/mol. The lowest BCUT2D eigenvalue weighted by Crippen LogP contribution is -2.15. The van der Waals surface area contributed by atoms with Gasteiger partial charge >= 0.3 is 0 Å². The van der Waals surface area contributed by atoms with Crippen molar-refractivity contribution in [3.8, 4) is 11.7 Å². The zero-order valence-electron chi connectivity index (χ0n) is 15.1. The van der Waals surface area contributed by atoms with Gasteiger partial charge in [-0.25, -0.2) is 4.98 Å². The van der Waals surface area contributed by atoms with Crippen LogP contribution in [0.3, 0.4) is 0 Å². The van der Waals surface area contributed by atoms with E-state index in [4.69, 9.17) is 4.74 Å². The second-order valence-electron chi connectivity index (χ2n) is 6.07. The number of nitrogens with zero attached hydrogens (tertiary/aromatic N) is 3. The van der Waals surface area contributed by atoms with E-state index in [-0.39, 0.29) is 5.91 Å². The number of hydrogen-bond donors (Lipinski definition) is 2.